The molecule has 0 bridgehead atoms. The molecule has 0 amide bonds. The third-order valence-electron chi connectivity index (χ3n) is 3.70. The van der Waals surface area contributed by atoms with Crippen LogP contribution in [0.3, 0.4) is 0 Å². The Bertz CT molecular complexity index is 379. The molecule has 1 atom stereocenters. The number of hydrogen-bond acceptors (Lipinski definition) is 4. The minimum Gasteiger partial charge on any atom is -0.390 e. The molecule has 1 aliphatic rings. The van der Waals surface area contributed by atoms with E-state index >= 15 is 0 Å². The van der Waals surface area contributed by atoms with Crippen LogP contribution in [0.2, 0.25) is 0 Å². The van der Waals surface area contributed by atoms with Gasteiger partial charge in [-0.25, -0.2) is 0 Å². The van der Waals surface area contributed by atoms with E-state index in [1.807, 2.05) is 32.2 Å². The van der Waals surface area contributed by atoms with Crippen LogP contribution < -0.4 is 4.90 Å². The SMILES string of the molecule is CC[C@@H](O)c1ccc(N2CCC(C)(O)CC2)cn1. The molecular weight excluding hydrogens is 228 g/mol. The normalized spacial score (nSPS) is 20.8. The number of piperidine rings is 1. The van der Waals surface area contributed by atoms with Crippen LogP contribution in [0, 0.1) is 0 Å². The van der Waals surface area contributed by atoms with E-state index in [0.717, 1.165) is 37.3 Å². The Kier molecular flexibility index (Phi) is 3.88. The first-order chi connectivity index (χ1) is 8.52. The Balaban J connectivity index is 2.02. The van der Waals surface area contributed by atoms with Gasteiger partial charge in [0.1, 0.15) is 0 Å². The van der Waals surface area contributed by atoms with Crippen molar-refractivity contribution in [1.82, 2.24) is 4.98 Å². The second kappa shape index (κ2) is 5.24. The predicted octanol–water partition coefficient (Wildman–Crippen LogP) is 1.88. The van der Waals surface area contributed by atoms with E-state index in [-0.39, 0.29) is 0 Å². The number of aliphatic hydroxyl groups is 2. The summed E-state index contributed by atoms with van der Waals surface area (Å²) in [5.41, 5.74) is 1.27. The van der Waals surface area contributed by atoms with E-state index in [9.17, 15) is 10.2 Å². The topological polar surface area (TPSA) is 56.6 Å². The molecule has 1 aromatic rings. The molecule has 0 saturated carbocycles. The van der Waals surface area contributed by atoms with E-state index in [1.54, 1.807) is 0 Å². The van der Waals surface area contributed by atoms with Gasteiger partial charge in [0.15, 0.2) is 0 Å². The van der Waals surface area contributed by atoms with Crippen molar-refractivity contribution in [2.24, 2.45) is 0 Å². The van der Waals surface area contributed by atoms with Crippen molar-refractivity contribution in [2.45, 2.75) is 44.8 Å². The lowest BCUT2D eigenvalue weighted by Gasteiger charge is -2.37. The standard InChI is InChI=1S/C14H22N2O2/c1-3-13(17)12-5-4-11(10-15-12)16-8-6-14(2,18)7-9-16/h4-5,10,13,17-18H,3,6-9H2,1-2H3/t13-/m1/s1. The molecule has 4 nitrogen and oxygen atoms in total. The summed E-state index contributed by atoms with van der Waals surface area (Å²) in [6.45, 7) is 5.53. The van der Waals surface area contributed by atoms with Gasteiger partial charge in [-0.2, -0.15) is 0 Å². The average molecular weight is 250 g/mol. The van der Waals surface area contributed by atoms with Crippen molar-refractivity contribution in [3.8, 4) is 0 Å². The van der Waals surface area contributed by atoms with Crippen molar-refractivity contribution in [1.29, 1.82) is 0 Å². The molecule has 1 saturated heterocycles. The zero-order valence-corrected chi connectivity index (χ0v) is 11.1. The molecule has 1 aromatic heterocycles. The first kappa shape index (κ1) is 13.3. The van der Waals surface area contributed by atoms with E-state index in [0.29, 0.717) is 6.42 Å². The van der Waals surface area contributed by atoms with E-state index in [4.69, 9.17) is 0 Å². The van der Waals surface area contributed by atoms with Gasteiger partial charge >= 0.3 is 0 Å². The molecule has 1 fully saturated rings. The summed E-state index contributed by atoms with van der Waals surface area (Å²) in [7, 11) is 0. The highest BCUT2D eigenvalue weighted by molar-refractivity contribution is 5.45. The van der Waals surface area contributed by atoms with Crippen molar-refractivity contribution in [3.63, 3.8) is 0 Å². The maximum absolute atomic E-state index is 9.91. The highest BCUT2D eigenvalue weighted by Crippen LogP contribution is 2.26. The van der Waals surface area contributed by atoms with Crippen molar-refractivity contribution in [2.75, 3.05) is 18.0 Å². The van der Waals surface area contributed by atoms with Gasteiger partial charge in [-0.15, -0.1) is 0 Å². The highest BCUT2D eigenvalue weighted by Gasteiger charge is 2.27. The number of pyridine rings is 1. The van der Waals surface area contributed by atoms with Gasteiger partial charge in [0.2, 0.25) is 0 Å². The molecule has 2 N–H and O–H groups in total. The number of hydrogen-bond donors (Lipinski definition) is 2. The molecule has 1 aliphatic heterocycles. The number of aliphatic hydroxyl groups excluding tert-OH is 1. The van der Waals surface area contributed by atoms with Crippen LogP contribution in [0.1, 0.15) is 44.9 Å². The first-order valence-corrected chi connectivity index (χ1v) is 6.63. The summed E-state index contributed by atoms with van der Waals surface area (Å²) in [6, 6.07) is 3.89. The second-order valence-corrected chi connectivity index (χ2v) is 5.35. The largest absolute Gasteiger partial charge is 0.390 e. The van der Waals surface area contributed by atoms with Crippen LogP contribution in [0.4, 0.5) is 5.69 Å². The maximum atomic E-state index is 9.91. The fourth-order valence-corrected chi connectivity index (χ4v) is 2.24. The Hall–Kier alpha value is -1.13. The van der Waals surface area contributed by atoms with Gasteiger partial charge in [-0.1, -0.05) is 6.92 Å². The summed E-state index contributed by atoms with van der Waals surface area (Å²) in [6.07, 6.45) is 3.59. The number of rotatable bonds is 3. The molecule has 4 heteroatoms. The van der Waals surface area contributed by atoms with Crippen LogP contribution in [-0.2, 0) is 0 Å². The zero-order valence-electron chi connectivity index (χ0n) is 11.1. The molecule has 100 valence electrons. The molecule has 18 heavy (non-hydrogen) atoms. The van der Waals surface area contributed by atoms with Crippen molar-refractivity contribution < 1.29 is 10.2 Å². The second-order valence-electron chi connectivity index (χ2n) is 5.35. The third kappa shape index (κ3) is 3.00. The predicted molar refractivity (Wildman–Crippen MR) is 71.6 cm³/mol. The van der Waals surface area contributed by atoms with Crippen LogP contribution >= 0.6 is 0 Å². The lowest BCUT2D eigenvalue weighted by molar-refractivity contribution is 0.0351. The molecule has 0 aliphatic carbocycles. The van der Waals surface area contributed by atoms with E-state index in [2.05, 4.69) is 9.88 Å². The molecule has 0 unspecified atom stereocenters. The van der Waals surface area contributed by atoms with E-state index in [1.165, 1.54) is 0 Å². The summed E-state index contributed by atoms with van der Waals surface area (Å²) in [5, 5.41) is 19.6. The van der Waals surface area contributed by atoms with Crippen molar-refractivity contribution in [3.05, 3.63) is 24.0 Å². The highest BCUT2D eigenvalue weighted by atomic mass is 16.3. The van der Waals surface area contributed by atoms with Gasteiger partial charge in [0.25, 0.3) is 0 Å². The van der Waals surface area contributed by atoms with Gasteiger partial charge < -0.3 is 15.1 Å². The Morgan fingerprint density at radius 2 is 2.06 bits per heavy atom. The Morgan fingerprint density at radius 1 is 1.39 bits per heavy atom. The van der Waals surface area contributed by atoms with E-state index < -0.39 is 11.7 Å². The van der Waals surface area contributed by atoms with Gasteiger partial charge in [0.05, 0.1) is 29.3 Å². The Morgan fingerprint density at radius 3 is 2.56 bits per heavy atom. The average Bonchev–Trinajstić information content (AvgIpc) is 2.38. The lowest BCUT2D eigenvalue weighted by Crippen LogP contribution is -2.42. The number of nitrogens with zero attached hydrogens (tertiary/aromatic N) is 2. The third-order valence-corrected chi connectivity index (χ3v) is 3.70. The molecule has 0 aromatic carbocycles. The molecule has 0 radical (unpaired) electrons. The minimum atomic E-state index is -0.526. The van der Waals surface area contributed by atoms with Crippen LogP contribution in [0.5, 0.6) is 0 Å². The molecule has 0 spiro atoms. The maximum Gasteiger partial charge on any atom is 0.0957 e. The lowest BCUT2D eigenvalue weighted by atomic mass is 9.93. The van der Waals surface area contributed by atoms with Crippen LogP contribution in [0.25, 0.3) is 0 Å². The molecule has 2 heterocycles. The monoisotopic (exact) mass is 250 g/mol. The number of aromatic nitrogens is 1. The Labute approximate surface area is 108 Å². The van der Waals surface area contributed by atoms with Gasteiger partial charge in [-0.05, 0) is 38.3 Å². The fourth-order valence-electron chi connectivity index (χ4n) is 2.24. The molecule has 2 rings (SSSR count). The smallest absolute Gasteiger partial charge is 0.0957 e. The number of anilines is 1. The van der Waals surface area contributed by atoms with Crippen molar-refractivity contribution >= 4 is 5.69 Å². The summed E-state index contributed by atoms with van der Waals surface area (Å²) < 4.78 is 0. The van der Waals surface area contributed by atoms with Crippen LogP contribution in [0.15, 0.2) is 18.3 Å². The van der Waals surface area contributed by atoms with Gasteiger partial charge in [-0.3, -0.25) is 4.98 Å². The van der Waals surface area contributed by atoms with Gasteiger partial charge in [0, 0.05) is 13.1 Å². The first-order valence-electron chi connectivity index (χ1n) is 6.63. The zero-order chi connectivity index (χ0) is 13.2. The molecular formula is C14H22N2O2. The summed E-state index contributed by atoms with van der Waals surface area (Å²) in [4.78, 5) is 6.54. The van der Waals surface area contributed by atoms with Crippen LogP contribution in [-0.4, -0.2) is 33.9 Å². The quantitative estimate of drug-likeness (QED) is 0.860. The summed E-state index contributed by atoms with van der Waals surface area (Å²) in [5.74, 6) is 0. The summed E-state index contributed by atoms with van der Waals surface area (Å²) >= 11 is 0. The minimum absolute atomic E-state index is 0.471. The fraction of sp³-hybridized carbons (Fsp3) is 0.643.